The summed E-state index contributed by atoms with van der Waals surface area (Å²) >= 11 is 0. The Hall–Kier alpha value is -0.940. The van der Waals surface area contributed by atoms with Gasteiger partial charge in [0.15, 0.2) is 0 Å². The van der Waals surface area contributed by atoms with Crippen LogP contribution in [0.1, 0.15) is 11.4 Å². The third-order valence-electron chi connectivity index (χ3n) is 1.95. The third-order valence-corrected chi connectivity index (χ3v) is 2.73. The Balaban J connectivity index is 2.43. The van der Waals surface area contributed by atoms with E-state index in [2.05, 4.69) is 10.3 Å². The van der Waals surface area contributed by atoms with Gasteiger partial charge in [-0.25, -0.2) is 0 Å². The molecule has 84 valence electrons. The normalized spacial score (nSPS) is 12.7. The van der Waals surface area contributed by atoms with Crippen LogP contribution in [0, 0.1) is 6.92 Å². The van der Waals surface area contributed by atoms with Crippen molar-refractivity contribution >= 4 is 10.8 Å². The van der Waals surface area contributed by atoms with Gasteiger partial charge in [0.2, 0.25) is 0 Å². The van der Waals surface area contributed by atoms with E-state index in [4.69, 9.17) is 0 Å². The SMILES string of the molecule is Cc1ccc(O)c(CNCCS(C)=O)n1. The number of pyridine rings is 1. The molecule has 1 atom stereocenters. The van der Waals surface area contributed by atoms with E-state index in [0.29, 0.717) is 24.5 Å². The highest BCUT2D eigenvalue weighted by Gasteiger charge is 2.02. The number of rotatable bonds is 5. The van der Waals surface area contributed by atoms with Gasteiger partial charge in [0.1, 0.15) is 5.75 Å². The predicted octanol–water partition coefficient (Wildman–Crippen LogP) is 0.564. The summed E-state index contributed by atoms with van der Waals surface area (Å²) in [6, 6.07) is 3.40. The van der Waals surface area contributed by atoms with E-state index in [9.17, 15) is 9.32 Å². The van der Waals surface area contributed by atoms with Crippen molar-refractivity contribution in [2.75, 3.05) is 18.6 Å². The number of nitrogens with zero attached hydrogens (tertiary/aromatic N) is 1. The van der Waals surface area contributed by atoms with Crippen molar-refractivity contribution in [1.82, 2.24) is 10.3 Å². The van der Waals surface area contributed by atoms with E-state index in [1.54, 1.807) is 18.4 Å². The smallest absolute Gasteiger partial charge is 0.138 e. The summed E-state index contributed by atoms with van der Waals surface area (Å²) in [5.74, 6) is 0.817. The second kappa shape index (κ2) is 5.82. The molecule has 0 fully saturated rings. The Bertz CT molecular complexity index is 355. The predicted molar refractivity (Wildman–Crippen MR) is 61.3 cm³/mol. The van der Waals surface area contributed by atoms with Crippen LogP contribution in [-0.2, 0) is 17.3 Å². The fourth-order valence-corrected chi connectivity index (χ4v) is 1.59. The van der Waals surface area contributed by atoms with E-state index in [1.165, 1.54) is 0 Å². The van der Waals surface area contributed by atoms with Crippen LogP contribution in [0.5, 0.6) is 5.75 Å². The summed E-state index contributed by atoms with van der Waals surface area (Å²) < 4.78 is 10.8. The van der Waals surface area contributed by atoms with Gasteiger partial charge in [-0.2, -0.15) is 0 Å². The van der Waals surface area contributed by atoms with E-state index >= 15 is 0 Å². The lowest BCUT2D eigenvalue weighted by molar-refractivity contribution is 0.460. The van der Waals surface area contributed by atoms with Crippen LogP contribution in [-0.4, -0.2) is 32.9 Å². The third kappa shape index (κ3) is 4.40. The standard InChI is InChI=1S/C10H16N2O2S/c1-8-3-4-10(13)9(12-8)7-11-5-6-15(2)14/h3-4,11,13H,5-7H2,1-2H3. The molecular weight excluding hydrogens is 212 g/mol. The maximum atomic E-state index is 10.8. The maximum Gasteiger partial charge on any atom is 0.138 e. The molecule has 0 saturated heterocycles. The number of aryl methyl sites for hydroxylation is 1. The maximum absolute atomic E-state index is 10.8. The van der Waals surface area contributed by atoms with Crippen LogP contribution in [0.2, 0.25) is 0 Å². The first-order valence-corrected chi connectivity index (χ1v) is 6.48. The van der Waals surface area contributed by atoms with Gasteiger partial charge < -0.3 is 10.4 Å². The monoisotopic (exact) mass is 228 g/mol. The molecule has 4 nitrogen and oxygen atoms in total. The van der Waals surface area contributed by atoms with Gasteiger partial charge in [-0.3, -0.25) is 9.19 Å². The van der Waals surface area contributed by atoms with Crippen LogP contribution in [0.3, 0.4) is 0 Å². The van der Waals surface area contributed by atoms with Crippen molar-refractivity contribution in [2.45, 2.75) is 13.5 Å². The summed E-state index contributed by atoms with van der Waals surface area (Å²) in [4.78, 5) is 4.20. The zero-order valence-electron chi connectivity index (χ0n) is 8.99. The van der Waals surface area contributed by atoms with E-state index in [-0.39, 0.29) is 5.75 Å². The molecule has 0 aliphatic heterocycles. The molecule has 1 rings (SSSR count). The molecule has 0 spiro atoms. The molecule has 1 aromatic heterocycles. The minimum Gasteiger partial charge on any atom is -0.506 e. The Morgan fingerprint density at radius 3 is 2.93 bits per heavy atom. The minimum absolute atomic E-state index is 0.200. The van der Waals surface area contributed by atoms with Crippen LogP contribution in [0.4, 0.5) is 0 Å². The molecule has 0 aliphatic rings. The first-order valence-electron chi connectivity index (χ1n) is 4.76. The van der Waals surface area contributed by atoms with Crippen molar-refractivity contribution < 1.29 is 9.32 Å². The molecule has 0 aliphatic carbocycles. The van der Waals surface area contributed by atoms with E-state index < -0.39 is 10.8 Å². The zero-order chi connectivity index (χ0) is 11.3. The molecule has 0 aromatic carbocycles. The van der Waals surface area contributed by atoms with E-state index in [0.717, 1.165) is 5.69 Å². The molecule has 1 heterocycles. The fraction of sp³-hybridized carbons (Fsp3) is 0.500. The number of nitrogens with one attached hydrogen (secondary N) is 1. The topological polar surface area (TPSA) is 62.2 Å². The lowest BCUT2D eigenvalue weighted by Crippen LogP contribution is -2.20. The average Bonchev–Trinajstić information content (AvgIpc) is 2.17. The highest BCUT2D eigenvalue weighted by Crippen LogP contribution is 2.13. The average molecular weight is 228 g/mol. The largest absolute Gasteiger partial charge is 0.506 e. The first-order chi connectivity index (χ1) is 7.09. The molecule has 1 unspecified atom stereocenters. The minimum atomic E-state index is -0.779. The summed E-state index contributed by atoms with van der Waals surface area (Å²) in [7, 11) is -0.779. The molecule has 2 N–H and O–H groups in total. The summed E-state index contributed by atoms with van der Waals surface area (Å²) in [5.41, 5.74) is 1.51. The second-order valence-corrected chi connectivity index (χ2v) is 4.93. The van der Waals surface area contributed by atoms with Gasteiger partial charge in [-0.1, -0.05) is 0 Å². The Morgan fingerprint density at radius 2 is 2.27 bits per heavy atom. The Kier molecular flexibility index (Phi) is 4.71. The molecule has 0 radical (unpaired) electrons. The Morgan fingerprint density at radius 1 is 1.53 bits per heavy atom. The summed E-state index contributed by atoms with van der Waals surface area (Å²) in [6.07, 6.45) is 1.67. The van der Waals surface area contributed by atoms with Gasteiger partial charge in [-0.05, 0) is 19.1 Å². The molecule has 0 bridgehead atoms. The molecule has 5 heteroatoms. The highest BCUT2D eigenvalue weighted by atomic mass is 32.2. The fourth-order valence-electron chi connectivity index (χ4n) is 1.16. The number of aromatic nitrogens is 1. The van der Waals surface area contributed by atoms with Gasteiger partial charge >= 0.3 is 0 Å². The number of hydrogen-bond donors (Lipinski definition) is 2. The van der Waals surface area contributed by atoms with Gasteiger partial charge in [0.05, 0.1) is 5.69 Å². The van der Waals surface area contributed by atoms with Crippen molar-refractivity contribution in [1.29, 1.82) is 0 Å². The molecule has 15 heavy (non-hydrogen) atoms. The highest BCUT2D eigenvalue weighted by molar-refractivity contribution is 7.84. The van der Waals surface area contributed by atoms with Gasteiger partial charge in [-0.15, -0.1) is 0 Å². The zero-order valence-corrected chi connectivity index (χ0v) is 9.80. The lowest BCUT2D eigenvalue weighted by Gasteiger charge is -2.06. The molecule has 0 amide bonds. The number of hydrogen-bond acceptors (Lipinski definition) is 4. The second-order valence-electron chi connectivity index (χ2n) is 3.37. The molecule has 1 aromatic rings. The van der Waals surface area contributed by atoms with Gasteiger partial charge in [0.25, 0.3) is 0 Å². The first kappa shape index (κ1) is 12.1. The van der Waals surface area contributed by atoms with Crippen molar-refractivity contribution in [3.63, 3.8) is 0 Å². The summed E-state index contributed by atoms with van der Waals surface area (Å²) in [5, 5.41) is 12.6. The lowest BCUT2D eigenvalue weighted by atomic mass is 10.3. The van der Waals surface area contributed by atoms with Crippen LogP contribution in [0.25, 0.3) is 0 Å². The summed E-state index contributed by atoms with van der Waals surface area (Å²) in [6.45, 7) is 3.05. The molecular formula is C10H16N2O2S. The van der Waals surface area contributed by atoms with Crippen LogP contribution < -0.4 is 5.32 Å². The quantitative estimate of drug-likeness (QED) is 0.723. The van der Waals surface area contributed by atoms with Crippen molar-refractivity contribution in [2.24, 2.45) is 0 Å². The Labute approximate surface area is 92.2 Å². The van der Waals surface area contributed by atoms with Crippen molar-refractivity contribution in [3.8, 4) is 5.75 Å². The van der Waals surface area contributed by atoms with Gasteiger partial charge in [0, 0.05) is 41.6 Å². The van der Waals surface area contributed by atoms with E-state index in [1.807, 2.05) is 6.92 Å². The van der Waals surface area contributed by atoms with Crippen molar-refractivity contribution in [3.05, 3.63) is 23.5 Å². The molecule has 0 saturated carbocycles. The van der Waals surface area contributed by atoms with Crippen LogP contribution >= 0.6 is 0 Å². The van der Waals surface area contributed by atoms with Crippen LogP contribution in [0.15, 0.2) is 12.1 Å². The number of aromatic hydroxyl groups is 1.